The van der Waals surface area contributed by atoms with Gasteiger partial charge in [0, 0.05) is 22.9 Å². The normalized spacial score (nSPS) is 20.0. The lowest BCUT2D eigenvalue weighted by Crippen LogP contribution is -2.45. The van der Waals surface area contributed by atoms with Crippen LogP contribution < -0.4 is 15.2 Å². The highest BCUT2D eigenvalue weighted by Gasteiger charge is 2.47. The molecule has 1 fully saturated rings. The number of hydrogen-bond acceptors (Lipinski definition) is 3. The van der Waals surface area contributed by atoms with Gasteiger partial charge in [0.25, 0.3) is 5.79 Å². The Labute approximate surface area is 116 Å². The molecule has 1 aromatic rings. The van der Waals surface area contributed by atoms with Gasteiger partial charge in [-0.25, -0.2) is 0 Å². The Kier molecular flexibility index (Phi) is 2.65. The summed E-state index contributed by atoms with van der Waals surface area (Å²) >= 11 is 3.59. The molecule has 3 rings (SSSR count). The standard InChI is InChI=1S/C14H18BrNO2/c1-13(2,16)8-9-6-11-12(7-10(9)15)18-14(17-11)4-3-5-14/h6-7H,3-5,8,16H2,1-2H3. The first kappa shape index (κ1) is 12.3. The summed E-state index contributed by atoms with van der Waals surface area (Å²) in [6.07, 6.45) is 3.95. The topological polar surface area (TPSA) is 44.5 Å². The third kappa shape index (κ3) is 2.12. The number of nitrogens with two attached hydrogens (primary N) is 1. The molecule has 0 amide bonds. The molecule has 2 N–H and O–H groups in total. The first-order valence-electron chi connectivity index (χ1n) is 6.36. The molecule has 1 heterocycles. The van der Waals surface area contributed by atoms with E-state index < -0.39 is 0 Å². The van der Waals surface area contributed by atoms with Gasteiger partial charge in [0.1, 0.15) is 0 Å². The van der Waals surface area contributed by atoms with E-state index in [4.69, 9.17) is 15.2 Å². The number of benzene rings is 1. The molecule has 0 aromatic heterocycles. The fourth-order valence-electron chi connectivity index (χ4n) is 2.45. The van der Waals surface area contributed by atoms with Crippen LogP contribution >= 0.6 is 15.9 Å². The van der Waals surface area contributed by atoms with Gasteiger partial charge in [-0.1, -0.05) is 15.9 Å². The zero-order valence-electron chi connectivity index (χ0n) is 10.8. The highest BCUT2D eigenvalue weighted by Crippen LogP contribution is 2.49. The van der Waals surface area contributed by atoms with Crippen LogP contribution in [0.2, 0.25) is 0 Å². The fourth-order valence-corrected chi connectivity index (χ4v) is 2.92. The molecule has 98 valence electrons. The Morgan fingerprint density at radius 3 is 2.39 bits per heavy atom. The van der Waals surface area contributed by atoms with Gasteiger partial charge < -0.3 is 15.2 Å². The van der Waals surface area contributed by atoms with Crippen LogP contribution in [0, 0.1) is 0 Å². The lowest BCUT2D eigenvalue weighted by atomic mass is 9.91. The van der Waals surface area contributed by atoms with Crippen molar-refractivity contribution in [3.05, 3.63) is 22.2 Å². The summed E-state index contributed by atoms with van der Waals surface area (Å²) in [5.41, 5.74) is 7.02. The Bertz CT molecular complexity index is 489. The average Bonchev–Trinajstić information content (AvgIpc) is 2.54. The van der Waals surface area contributed by atoms with Crippen LogP contribution in [0.1, 0.15) is 38.7 Å². The second kappa shape index (κ2) is 3.87. The van der Waals surface area contributed by atoms with Crippen LogP contribution in [-0.2, 0) is 6.42 Å². The summed E-state index contributed by atoms with van der Waals surface area (Å²) in [6, 6.07) is 4.06. The number of halogens is 1. The van der Waals surface area contributed by atoms with E-state index in [2.05, 4.69) is 22.0 Å². The lowest BCUT2D eigenvalue weighted by Gasteiger charge is -2.35. The Hall–Kier alpha value is -0.740. The Balaban J connectivity index is 1.90. The minimum absolute atomic E-state index is 0.232. The van der Waals surface area contributed by atoms with Crippen LogP contribution in [0.5, 0.6) is 11.5 Å². The van der Waals surface area contributed by atoms with Crippen molar-refractivity contribution in [2.75, 3.05) is 0 Å². The molecule has 18 heavy (non-hydrogen) atoms. The molecule has 0 bridgehead atoms. The Morgan fingerprint density at radius 1 is 1.28 bits per heavy atom. The van der Waals surface area contributed by atoms with E-state index in [9.17, 15) is 0 Å². The second-order valence-electron chi connectivity index (χ2n) is 6.02. The van der Waals surface area contributed by atoms with Crippen molar-refractivity contribution in [1.29, 1.82) is 0 Å². The number of hydrogen-bond donors (Lipinski definition) is 1. The van der Waals surface area contributed by atoms with Crippen molar-refractivity contribution in [1.82, 2.24) is 0 Å². The van der Waals surface area contributed by atoms with E-state index in [-0.39, 0.29) is 11.3 Å². The lowest BCUT2D eigenvalue weighted by molar-refractivity contribution is -0.138. The summed E-state index contributed by atoms with van der Waals surface area (Å²) in [7, 11) is 0. The number of ether oxygens (including phenoxy) is 2. The van der Waals surface area contributed by atoms with Crippen LogP contribution in [0.3, 0.4) is 0 Å². The van der Waals surface area contributed by atoms with Crippen LogP contribution in [-0.4, -0.2) is 11.3 Å². The molecular weight excluding hydrogens is 294 g/mol. The average molecular weight is 312 g/mol. The first-order valence-corrected chi connectivity index (χ1v) is 7.16. The highest BCUT2D eigenvalue weighted by atomic mass is 79.9. The molecule has 3 nitrogen and oxygen atoms in total. The molecule has 4 heteroatoms. The van der Waals surface area contributed by atoms with Crippen molar-refractivity contribution >= 4 is 15.9 Å². The summed E-state index contributed by atoms with van der Waals surface area (Å²) in [5.74, 6) is 1.34. The van der Waals surface area contributed by atoms with E-state index in [1.807, 2.05) is 19.9 Å². The molecular formula is C14H18BrNO2. The largest absolute Gasteiger partial charge is 0.448 e. The summed E-state index contributed by atoms with van der Waals surface area (Å²) in [6.45, 7) is 4.05. The van der Waals surface area contributed by atoms with Gasteiger partial charge in [-0.3, -0.25) is 0 Å². The monoisotopic (exact) mass is 311 g/mol. The predicted octanol–water partition coefficient (Wildman–Crippen LogP) is 3.38. The zero-order valence-corrected chi connectivity index (χ0v) is 12.3. The highest BCUT2D eigenvalue weighted by molar-refractivity contribution is 9.10. The first-order chi connectivity index (χ1) is 8.37. The van der Waals surface area contributed by atoms with Crippen molar-refractivity contribution in [2.24, 2.45) is 5.73 Å². The molecule has 1 spiro atoms. The predicted molar refractivity (Wildman–Crippen MR) is 74.0 cm³/mol. The van der Waals surface area contributed by atoms with Gasteiger partial charge in [0.2, 0.25) is 0 Å². The third-order valence-electron chi connectivity index (χ3n) is 3.47. The van der Waals surface area contributed by atoms with E-state index in [0.29, 0.717) is 0 Å². The van der Waals surface area contributed by atoms with Gasteiger partial charge in [-0.2, -0.15) is 0 Å². The molecule has 1 saturated carbocycles. The van der Waals surface area contributed by atoms with Crippen molar-refractivity contribution in [3.8, 4) is 11.5 Å². The maximum atomic E-state index is 6.08. The van der Waals surface area contributed by atoms with Crippen LogP contribution in [0.15, 0.2) is 16.6 Å². The Morgan fingerprint density at radius 2 is 1.89 bits per heavy atom. The van der Waals surface area contributed by atoms with Crippen molar-refractivity contribution < 1.29 is 9.47 Å². The summed E-state index contributed by atoms with van der Waals surface area (Å²) < 4.78 is 12.9. The van der Waals surface area contributed by atoms with Crippen molar-refractivity contribution in [3.63, 3.8) is 0 Å². The molecule has 0 unspecified atom stereocenters. The van der Waals surface area contributed by atoms with Gasteiger partial charge >= 0.3 is 0 Å². The zero-order chi connectivity index (χ0) is 13.0. The third-order valence-corrected chi connectivity index (χ3v) is 4.20. The van der Waals surface area contributed by atoms with Gasteiger partial charge in [-0.05, 0) is 44.4 Å². The SMILES string of the molecule is CC(C)(N)Cc1cc2c(cc1Br)OC1(CCC1)O2. The fraction of sp³-hybridized carbons (Fsp3) is 0.571. The van der Waals surface area contributed by atoms with E-state index in [1.54, 1.807) is 0 Å². The maximum absolute atomic E-state index is 6.08. The number of rotatable bonds is 2. The minimum atomic E-state index is -0.362. The smallest absolute Gasteiger partial charge is 0.251 e. The van der Waals surface area contributed by atoms with E-state index >= 15 is 0 Å². The summed E-state index contributed by atoms with van der Waals surface area (Å²) in [4.78, 5) is 0. The van der Waals surface area contributed by atoms with Gasteiger partial charge in [-0.15, -0.1) is 0 Å². The molecule has 0 atom stereocenters. The minimum Gasteiger partial charge on any atom is -0.448 e. The number of fused-ring (bicyclic) bond motifs is 1. The molecule has 2 aliphatic rings. The quantitative estimate of drug-likeness (QED) is 0.910. The molecule has 1 aliphatic heterocycles. The molecule has 1 aromatic carbocycles. The van der Waals surface area contributed by atoms with Gasteiger partial charge in [0.15, 0.2) is 11.5 Å². The van der Waals surface area contributed by atoms with E-state index in [0.717, 1.165) is 35.2 Å². The maximum Gasteiger partial charge on any atom is 0.251 e. The molecule has 1 aliphatic carbocycles. The second-order valence-corrected chi connectivity index (χ2v) is 6.88. The van der Waals surface area contributed by atoms with Crippen molar-refractivity contribution in [2.45, 2.75) is 50.9 Å². The van der Waals surface area contributed by atoms with Gasteiger partial charge in [0.05, 0.1) is 0 Å². The van der Waals surface area contributed by atoms with E-state index in [1.165, 1.54) is 12.0 Å². The molecule has 0 radical (unpaired) electrons. The van der Waals surface area contributed by atoms with Crippen LogP contribution in [0.25, 0.3) is 0 Å². The molecule has 0 saturated heterocycles. The summed E-state index contributed by atoms with van der Waals surface area (Å²) in [5, 5.41) is 0. The van der Waals surface area contributed by atoms with Crippen LogP contribution in [0.4, 0.5) is 0 Å².